The minimum Gasteiger partial charge on any atom is -0.381 e. The van der Waals surface area contributed by atoms with E-state index in [1.807, 2.05) is 24.3 Å². The standard InChI is InChI=1S/C22H25N5O4S/c1-29-12-22(28,13-30-2)18-10-17-19(32-18)21(27-6-8-31-9-7-27)25-20(24-17)14-4-3-5-16-15(14)11-23-26-16/h3-5,10-11,28H,6-9,12-13H2,1-2H3,(H,23,26). The summed E-state index contributed by atoms with van der Waals surface area (Å²) in [6, 6.07) is 7.86. The van der Waals surface area contributed by atoms with Crippen molar-refractivity contribution in [2.45, 2.75) is 5.60 Å². The topological polar surface area (TPSA) is 106 Å². The molecule has 0 atom stereocenters. The fraction of sp³-hybridized carbons (Fsp3) is 0.409. The Morgan fingerprint density at radius 2 is 1.97 bits per heavy atom. The average molecular weight is 456 g/mol. The number of aromatic nitrogens is 4. The van der Waals surface area contributed by atoms with Gasteiger partial charge in [0, 0.05) is 43.1 Å². The van der Waals surface area contributed by atoms with Gasteiger partial charge in [-0.3, -0.25) is 5.10 Å². The molecule has 0 aliphatic carbocycles. The number of nitrogens with zero attached hydrogens (tertiary/aromatic N) is 4. The Labute approximate surface area is 189 Å². The zero-order valence-electron chi connectivity index (χ0n) is 18.0. The Kier molecular flexibility index (Phi) is 5.78. The van der Waals surface area contributed by atoms with Crippen molar-refractivity contribution in [3.05, 3.63) is 35.3 Å². The highest BCUT2D eigenvalue weighted by Gasteiger charge is 2.33. The molecule has 3 aromatic heterocycles. The second-order valence-corrected chi connectivity index (χ2v) is 8.88. The van der Waals surface area contributed by atoms with Crippen molar-refractivity contribution < 1.29 is 19.3 Å². The van der Waals surface area contributed by atoms with E-state index in [0.29, 0.717) is 19.0 Å². The molecular weight excluding hydrogens is 430 g/mol. The molecular formula is C22H25N5O4S. The molecule has 1 aliphatic heterocycles. The predicted molar refractivity (Wildman–Crippen MR) is 123 cm³/mol. The van der Waals surface area contributed by atoms with Crippen LogP contribution >= 0.6 is 11.3 Å². The van der Waals surface area contributed by atoms with Gasteiger partial charge in [-0.2, -0.15) is 5.10 Å². The fourth-order valence-electron chi connectivity index (χ4n) is 4.08. The van der Waals surface area contributed by atoms with Crippen LogP contribution in [-0.4, -0.2) is 79.0 Å². The monoisotopic (exact) mass is 455 g/mol. The number of aromatic amines is 1. The third-order valence-electron chi connectivity index (χ3n) is 5.61. The third-order valence-corrected chi connectivity index (χ3v) is 6.93. The molecule has 1 aromatic carbocycles. The summed E-state index contributed by atoms with van der Waals surface area (Å²) in [5.74, 6) is 1.47. The van der Waals surface area contributed by atoms with Crippen LogP contribution in [0.15, 0.2) is 30.5 Å². The second kappa shape index (κ2) is 8.72. The van der Waals surface area contributed by atoms with Crippen molar-refractivity contribution in [1.82, 2.24) is 20.2 Å². The lowest BCUT2D eigenvalue weighted by atomic mass is 10.0. The highest BCUT2D eigenvalue weighted by Crippen LogP contribution is 2.39. The van der Waals surface area contributed by atoms with Crippen LogP contribution in [0, 0.1) is 0 Å². The molecule has 1 aliphatic rings. The minimum absolute atomic E-state index is 0.120. The number of methoxy groups -OCH3 is 2. The Morgan fingerprint density at radius 3 is 2.72 bits per heavy atom. The first kappa shape index (κ1) is 21.2. The molecule has 5 rings (SSSR count). The van der Waals surface area contributed by atoms with E-state index < -0.39 is 5.60 Å². The fourth-order valence-corrected chi connectivity index (χ4v) is 5.25. The summed E-state index contributed by atoms with van der Waals surface area (Å²) in [5, 5.41) is 19.4. The van der Waals surface area contributed by atoms with Crippen LogP contribution in [0.2, 0.25) is 0 Å². The molecule has 0 bridgehead atoms. The SMILES string of the molecule is COCC(O)(COC)c1cc2nc(-c3cccc4[nH]ncc34)nc(N3CCOCC3)c2s1. The van der Waals surface area contributed by atoms with Crippen LogP contribution < -0.4 is 4.90 Å². The number of aliphatic hydroxyl groups is 1. The summed E-state index contributed by atoms with van der Waals surface area (Å²) in [6.45, 7) is 3.02. The molecule has 10 heteroatoms. The summed E-state index contributed by atoms with van der Waals surface area (Å²) >= 11 is 1.48. The van der Waals surface area contributed by atoms with Crippen molar-refractivity contribution in [1.29, 1.82) is 0 Å². The van der Waals surface area contributed by atoms with E-state index in [9.17, 15) is 5.11 Å². The second-order valence-electron chi connectivity index (χ2n) is 7.83. The Bertz CT molecular complexity index is 1230. The molecule has 32 heavy (non-hydrogen) atoms. The summed E-state index contributed by atoms with van der Waals surface area (Å²) in [7, 11) is 3.13. The lowest BCUT2D eigenvalue weighted by molar-refractivity contribution is -0.0799. The van der Waals surface area contributed by atoms with Gasteiger partial charge in [-0.25, -0.2) is 9.97 Å². The number of nitrogens with one attached hydrogen (secondary N) is 1. The summed E-state index contributed by atoms with van der Waals surface area (Å²) in [4.78, 5) is 12.8. The predicted octanol–water partition coefficient (Wildman–Crippen LogP) is 2.55. The molecule has 9 nitrogen and oxygen atoms in total. The van der Waals surface area contributed by atoms with Crippen molar-refractivity contribution in [3.8, 4) is 11.4 Å². The Balaban J connectivity index is 1.70. The molecule has 2 N–H and O–H groups in total. The highest BCUT2D eigenvalue weighted by atomic mass is 32.1. The molecule has 4 heterocycles. The summed E-state index contributed by atoms with van der Waals surface area (Å²) < 4.78 is 17.1. The normalized spacial score (nSPS) is 15.2. The Hall–Kier alpha value is -2.63. The van der Waals surface area contributed by atoms with Gasteiger partial charge in [-0.15, -0.1) is 11.3 Å². The molecule has 0 amide bonds. The van der Waals surface area contributed by atoms with E-state index in [4.69, 9.17) is 24.2 Å². The molecule has 0 saturated carbocycles. The van der Waals surface area contributed by atoms with Crippen LogP contribution in [0.4, 0.5) is 5.82 Å². The van der Waals surface area contributed by atoms with Crippen molar-refractivity contribution >= 4 is 38.3 Å². The van der Waals surface area contributed by atoms with Gasteiger partial charge in [0.1, 0.15) is 5.60 Å². The average Bonchev–Trinajstić information content (AvgIpc) is 3.46. The Morgan fingerprint density at radius 1 is 1.19 bits per heavy atom. The maximum atomic E-state index is 11.3. The molecule has 1 saturated heterocycles. The quantitative estimate of drug-likeness (QED) is 0.438. The van der Waals surface area contributed by atoms with E-state index >= 15 is 0 Å². The maximum Gasteiger partial charge on any atom is 0.162 e. The van der Waals surface area contributed by atoms with Crippen LogP contribution in [-0.2, 0) is 19.8 Å². The molecule has 1 fully saturated rings. The first-order valence-corrected chi connectivity index (χ1v) is 11.2. The van der Waals surface area contributed by atoms with Gasteiger partial charge in [-0.05, 0) is 12.1 Å². The first-order valence-electron chi connectivity index (χ1n) is 10.4. The lowest BCUT2D eigenvalue weighted by Gasteiger charge is -2.28. The van der Waals surface area contributed by atoms with Crippen molar-refractivity contribution in [2.75, 3.05) is 58.6 Å². The number of H-pyrrole nitrogens is 1. The number of anilines is 1. The largest absolute Gasteiger partial charge is 0.381 e. The summed E-state index contributed by atoms with van der Waals surface area (Å²) in [6.07, 6.45) is 1.79. The number of thiophene rings is 1. The van der Waals surface area contributed by atoms with Crippen LogP contribution in [0.3, 0.4) is 0 Å². The molecule has 0 radical (unpaired) electrons. The minimum atomic E-state index is -1.26. The molecule has 0 spiro atoms. The number of hydrogen-bond acceptors (Lipinski definition) is 9. The van der Waals surface area contributed by atoms with E-state index in [1.165, 1.54) is 11.3 Å². The van der Waals surface area contributed by atoms with Crippen LogP contribution in [0.25, 0.3) is 32.5 Å². The third kappa shape index (κ3) is 3.74. The zero-order valence-corrected chi connectivity index (χ0v) is 18.8. The maximum absolute atomic E-state index is 11.3. The highest BCUT2D eigenvalue weighted by molar-refractivity contribution is 7.19. The van der Waals surface area contributed by atoms with Gasteiger partial charge < -0.3 is 24.2 Å². The molecule has 0 unspecified atom stereocenters. The van der Waals surface area contributed by atoms with Gasteiger partial charge in [0.15, 0.2) is 11.6 Å². The number of ether oxygens (including phenoxy) is 3. The van der Waals surface area contributed by atoms with Gasteiger partial charge >= 0.3 is 0 Å². The van der Waals surface area contributed by atoms with E-state index in [1.54, 1.807) is 20.4 Å². The van der Waals surface area contributed by atoms with Crippen LogP contribution in [0.5, 0.6) is 0 Å². The van der Waals surface area contributed by atoms with Crippen LogP contribution in [0.1, 0.15) is 4.88 Å². The zero-order chi connectivity index (χ0) is 22.1. The number of rotatable bonds is 7. The first-order chi connectivity index (χ1) is 15.6. The van der Waals surface area contributed by atoms with Gasteiger partial charge in [-0.1, -0.05) is 12.1 Å². The summed E-state index contributed by atoms with van der Waals surface area (Å²) in [5.41, 5.74) is 1.36. The molecule has 4 aromatic rings. The molecule has 168 valence electrons. The van der Waals surface area contributed by atoms with Gasteiger partial charge in [0.05, 0.1) is 48.4 Å². The van der Waals surface area contributed by atoms with Gasteiger partial charge in [0.2, 0.25) is 0 Å². The van der Waals surface area contributed by atoms with E-state index in [-0.39, 0.29) is 13.2 Å². The number of benzene rings is 1. The number of morpholine rings is 1. The van der Waals surface area contributed by atoms with Crippen molar-refractivity contribution in [2.24, 2.45) is 0 Å². The lowest BCUT2D eigenvalue weighted by Crippen LogP contribution is -2.37. The van der Waals surface area contributed by atoms with E-state index in [0.717, 1.165) is 50.5 Å². The smallest absolute Gasteiger partial charge is 0.162 e. The van der Waals surface area contributed by atoms with Gasteiger partial charge in [0.25, 0.3) is 0 Å². The van der Waals surface area contributed by atoms with Crippen molar-refractivity contribution in [3.63, 3.8) is 0 Å². The number of hydrogen-bond donors (Lipinski definition) is 2. The number of fused-ring (bicyclic) bond motifs is 2. The van der Waals surface area contributed by atoms with E-state index in [2.05, 4.69) is 15.1 Å².